The number of benzene rings is 1. The summed E-state index contributed by atoms with van der Waals surface area (Å²) in [6.45, 7) is 0. The smallest absolute Gasteiger partial charge is 0.419 e. The zero-order valence-electron chi connectivity index (χ0n) is 18.6. The number of alkyl halides is 3. The minimum absolute atomic E-state index is 0.127. The average molecular weight is 508 g/mol. The van der Waals surface area contributed by atoms with Crippen molar-refractivity contribution in [2.75, 3.05) is 5.32 Å². The third-order valence-corrected chi connectivity index (χ3v) is 5.66. The number of rotatable bonds is 8. The Morgan fingerprint density at radius 2 is 1.86 bits per heavy atom. The third kappa shape index (κ3) is 6.15. The molecule has 0 spiro atoms. The van der Waals surface area contributed by atoms with Crippen LogP contribution >= 0.6 is 0 Å². The van der Waals surface area contributed by atoms with E-state index in [2.05, 4.69) is 20.5 Å². The lowest BCUT2D eigenvalue weighted by atomic mass is 9.87. The SMILES string of the molecule is O=C(Cc1ccc(OC2CCC(C(=O)O)CC2)nc1)c1nnc(Nc2ccc(F)c(C(F)(F)F)c2)o1. The summed E-state index contributed by atoms with van der Waals surface area (Å²) in [6, 6.07) is 5.15. The zero-order chi connectivity index (χ0) is 25.9. The van der Waals surface area contributed by atoms with E-state index in [4.69, 9.17) is 14.3 Å². The molecule has 3 aromatic rings. The van der Waals surface area contributed by atoms with E-state index in [1.54, 1.807) is 12.1 Å². The number of ketones is 1. The van der Waals surface area contributed by atoms with Gasteiger partial charge in [0.15, 0.2) is 0 Å². The minimum Gasteiger partial charge on any atom is -0.481 e. The van der Waals surface area contributed by atoms with E-state index < -0.39 is 29.3 Å². The van der Waals surface area contributed by atoms with E-state index in [0.29, 0.717) is 49.3 Å². The summed E-state index contributed by atoms with van der Waals surface area (Å²) in [5.74, 6) is -3.13. The van der Waals surface area contributed by atoms with E-state index >= 15 is 0 Å². The number of hydrogen-bond acceptors (Lipinski definition) is 8. The highest BCUT2D eigenvalue weighted by molar-refractivity contribution is 5.93. The molecule has 2 N–H and O–H groups in total. The summed E-state index contributed by atoms with van der Waals surface area (Å²) in [4.78, 5) is 27.7. The molecule has 13 heteroatoms. The summed E-state index contributed by atoms with van der Waals surface area (Å²) in [7, 11) is 0. The van der Waals surface area contributed by atoms with Gasteiger partial charge in [-0.1, -0.05) is 11.2 Å². The number of aliphatic carboxylic acids is 1. The number of carbonyl (C=O) groups excluding carboxylic acids is 1. The molecule has 2 heterocycles. The molecule has 0 amide bonds. The topological polar surface area (TPSA) is 127 Å². The van der Waals surface area contributed by atoms with E-state index in [0.717, 1.165) is 6.07 Å². The number of pyridine rings is 1. The molecule has 0 aliphatic heterocycles. The van der Waals surface area contributed by atoms with Crippen LogP contribution in [0.25, 0.3) is 0 Å². The van der Waals surface area contributed by atoms with Crippen LogP contribution in [0.15, 0.2) is 40.9 Å². The van der Waals surface area contributed by atoms with Gasteiger partial charge < -0.3 is 19.6 Å². The number of halogens is 4. The Labute approximate surface area is 201 Å². The van der Waals surface area contributed by atoms with Crippen LogP contribution in [0.1, 0.15) is 47.5 Å². The van der Waals surface area contributed by atoms with Crippen molar-refractivity contribution in [3.8, 4) is 5.88 Å². The van der Waals surface area contributed by atoms with Crippen LogP contribution in [-0.4, -0.2) is 38.1 Å². The van der Waals surface area contributed by atoms with Crippen molar-refractivity contribution in [1.82, 2.24) is 15.2 Å². The molecule has 0 bridgehead atoms. The van der Waals surface area contributed by atoms with Gasteiger partial charge in [-0.3, -0.25) is 9.59 Å². The van der Waals surface area contributed by atoms with Crippen molar-refractivity contribution < 1.29 is 41.4 Å². The highest BCUT2D eigenvalue weighted by Gasteiger charge is 2.34. The second-order valence-electron chi connectivity index (χ2n) is 8.26. The monoisotopic (exact) mass is 508 g/mol. The number of Topliss-reactive ketones (excluding diaryl/α,β-unsaturated/α-hetero) is 1. The number of nitrogens with one attached hydrogen (secondary N) is 1. The predicted octanol–water partition coefficient (Wildman–Crippen LogP) is 4.81. The number of hydrogen-bond donors (Lipinski definition) is 2. The standard InChI is InChI=1S/C23H20F4N4O5/c24-17-7-4-14(10-16(17)23(25,26)27)29-22-31-30-20(36-22)18(32)9-12-1-8-19(28-11-12)35-15-5-2-13(3-6-15)21(33)34/h1,4,7-8,10-11,13,15H,2-3,5-6,9H2,(H,29,31)(H,33,34). The molecule has 1 fully saturated rings. The van der Waals surface area contributed by atoms with Gasteiger partial charge in [-0.15, -0.1) is 5.10 Å². The van der Waals surface area contributed by atoms with Gasteiger partial charge in [-0.2, -0.15) is 13.2 Å². The molecule has 2 aromatic heterocycles. The van der Waals surface area contributed by atoms with Crippen molar-refractivity contribution in [2.24, 2.45) is 5.92 Å². The second-order valence-corrected chi connectivity index (χ2v) is 8.26. The van der Waals surface area contributed by atoms with Gasteiger partial charge in [-0.25, -0.2) is 9.37 Å². The van der Waals surface area contributed by atoms with E-state index in [1.807, 2.05) is 0 Å². The Bertz CT molecular complexity index is 1240. The van der Waals surface area contributed by atoms with Crippen molar-refractivity contribution in [1.29, 1.82) is 0 Å². The average Bonchev–Trinajstić information content (AvgIpc) is 3.30. The fourth-order valence-electron chi connectivity index (χ4n) is 3.77. The largest absolute Gasteiger partial charge is 0.481 e. The minimum atomic E-state index is -4.88. The van der Waals surface area contributed by atoms with Gasteiger partial charge in [0.25, 0.3) is 5.89 Å². The lowest BCUT2D eigenvalue weighted by Crippen LogP contribution is -2.28. The summed E-state index contributed by atoms with van der Waals surface area (Å²) in [6.07, 6.45) is -1.39. The van der Waals surface area contributed by atoms with Gasteiger partial charge in [-0.05, 0) is 49.4 Å². The Balaban J connectivity index is 1.32. The second kappa shape index (κ2) is 10.3. The Hall–Kier alpha value is -4.03. The number of carboxylic acids is 1. The van der Waals surface area contributed by atoms with Gasteiger partial charge >= 0.3 is 18.2 Å². The molecule has 4 rings (SSSR count). The lowest BCUT2D eigenvalue weighted by molar-refractivity contribution is -0.143. The zero-order valence-corrected chi connectivity index (χ0v) is 18.6. The highest BCUT2D eigenvalue weighted by atomic mass is 19.4. The van der Waals surface area contributed by atoms with Crippen molar-refractivity contribution in [3.63, 3.8) is 0 Å². The Morgan fingerprint density at radius 1 is 1.11 bits per heavy atom. The van der Waals surface area contributed by atoms with Crippen LogP contribution in [0.4, 0.5) is 29.3 Å². The molecule has 0 unspecified atom stereocenters. The fourth-order valence-corrected chi connectivity index (χ4v) is 3.77. The summed E-state index contributed by atoms with van der Waals surface area (Å²) in [5.41, 5.74) is -1.08. The number of ether oxygens (including phenoxy) is 1. The molecule has 0 atom stereocenters. The maximum absolute atomic E-state index is 13.4. The van der Waals surface area contributed by atoms with Crippen LogP contribution in [0.3, 0.4) is 0 Å². The first-order valence-electron chi connectivity index (χ1n) is 10.9. The number of carboxylic acid groups (broad SMARTS) is 1. The Morgan fingerprint density at radius 3 is 2.50 bits per heavy atom. The molecule has 190 valence electrons. The molecule has 1 saturated carbocycles. The molecule has 1 aromatic carbocycles. The summed E-state index contributed by atoms with van der Waals surface area (Å²) < 4.78 is 63.0. The first kappa shape index (κ1) is 25.1. The van der Waals surface area contributed by atoms with E-state index in [-0.39, 0.29) is 36.0 Å². The Kier molecular flexibility index (Phi) is 7.17. The molecular weight excluding hydrogens is 488 g/mol. The fraction of sp³-hybridized carbons (Fsp3) is 0.348. The predicted molar refractivity (Wildman–Crippen MR) is 115 cm³/mol. The van der Waals surface area contributed by atoms with Crippen LogP contribution in [0.2, 0.25) is 0 Å². The van der Waals surface area contributed by atoms with Crippen molar-refractivity contribution in [2.45, 2.75) is 44.4 Å². The molecule has 1 aliphatic carbocycles. The van der Waals surface area contributed by atoms with Crippen LogP contribution in [0, 0.1) is 11.7 Å². The van der Waals surface area contributed by atoms with Gasteiger partial charge in [0.1, 0.15) is 11.9 Å². The van der Waals surface area contributed by atoms with E-state index in [9.17, 15) is 27.2 Å². The van der Waals surface area contributed by atoms with E-state index in [1.165, 1.54) is 6.20 Å². The van der Waals surface area contributed by atoms with Gasteiger partial charge in [0.2, 0.25) is 11.7 Å². The molecule has 0 saturated heterocycles. The number of nitrogens with zero attached hydrogens (tertiary/aromatic N) is 3. The maximum Gasteiger partial charge on any atom is 0.419 e. The van der Waals surface area contributed by atoms with Crippen LogP contribution in [0.5, 0.6) is 5.88 Å². The first-order chi connectivity index (χ1) is 17.1. The van der Waals surface area contributed by atoms with Crippen LogP contribution in [-0.2, 0) is 17.4 Å². The van der Waals surface area contributed by atoms with Gasteiger partial charge in [0, 0.05) is 24.4 Å². The van der Waals surface area contributed by atoms with Crippen molar-refractivity contribution >= 4 is 23.5 Å². The normalized spacial score (nSPS) is 18.0. The number of anilines is 2. The molecular formula is C23H20F4N4O5. The molecule has 0 radical (unpaired) electrons. The molecule has 9 nitrogen and oxygen atoms in total. The maximum atomic E-state index is 13.4. The number of aromatic nitrogens is 3. The molecule has 1 aliphatic rings. The van der Waals surface area contributed by atoms with Crippen LogP contribution < -0.4 is 10.1 Å². The third-order valence-electron chi connectivity index (χ3n) is 5.66. The lowest BCUT2D eigenvalue weighted by Gasteiger charge is -2.26. The number of carbonyl (C=O) groups is 2. The van der Waals surface area contributed by atoms with Gasteiger partial charge in [0.05, 0.1) is 11.5 Å². The first-order valence-corrected chi connectivity index (χ1v) is 10.9. The van der Waals surface area contributed by atoms with Crippen molar-refractivity contribution in [3.05, 3.63) is 59.4 Å². The quantitative estimate of drug-likeness (QED) is 0.325. The summed E-state index contributed by atoms with van der Waals surface area (Å²) in [5, 5.41) is 18.7. The highest BCUT2D eigenvalue weighted by Crippen LogP contribution is 2.33. The molecule has 36 heavy (non-hydrogen) atoms. The summed E-state index contributed by atoms with van der Waals surface area (Å²) >= 11 is 0.